The second kappa shape index (κ2) is 11.5. The van der Waals surface area contributed by atoms with Gasteiger partial charge in [-0.2, -0.15) is 0 Å². The van der Waals surface area contributed by atoms with Gasteiger partial charge in [-0.1, -0.05) is 24.6 Å². The number of ketones is 1. The minimum Gasteiger partial charge on any atom is -0.494 e. The minimum absolute atomic E-state index is 0.00420. The van der Waals surface area contributed by atoms with Crippen molar-refractivity contribution >= 4 is 17.6 Å². The van der Waals surface area contributed by atoms with Crippen LogP contribution in [0.15, 0.2) is 48.5 Å². The lowest BCUT2D eigenvalue weighted by Crippen LogP contribution is -2.37. The molecule has 0 radical (unpaired) electrons. The third-order valence-corrected chi connectivity index (χ3v) is 5.62. The van der Waals surface area contributed by atoms with Crippen LogP contribution in [-0.2, 0) is 4.79 Å². The van der Waals surface area contributed by atoms with Gasteiger partial charge in [-0.25, -0.2) is 0 Å². The Morgan fingerprint density at radius 3 is 2.31 bits per heavy atom. The van der Waals surface area contributed by atoms with Gasteiger partial charge in [-0.15, -0.1) is 0 Å². The van der Waals surface area contributed by atoms with Crippen LogP contribution in [0.1, 0.15) is 58.9 Å². The van der Waals surface area contributed by atoms with Crippen LogP contribution in [-0.4, -0.2) is 60.2 Å². The molecule has 0 unspecified atom stereocenters. The Morgan fingerprint density at radius 1 is 0.875 bits per heavy atom. The van der Waals surface area contributed by atoms with Crippen molar-refractivity contribution in [2.45, 2.75) is 39.5 Å². The topological polar surface area (TPSA) is 66.9 Å². The number of rotatable bonds is 8. The van der Waals surface area contributed by atoms with E-state index in [0.29, 0.717) is 43.9 Å². The summed E-state index contributed by atoms with van der Waals surface area (Å²) in [6.45, 7) is 6.88. The van der Waals surface area contributed by atoms with Crippen LogP contribution < -0.4 is 4.74 Å². The quantitative estimate of drug-likeness (QED) is 0.584. The fourth-order valence-corrected chi connectivity index (χ4v) is 3.81. The summed E-state index contributed by atoms with van der Waals surface area (Å²) in [5, 5.41) is 0. The lowest BCUT2D eigenvalue weighted by Gasteiger charge is -2.22. The normalized spacial score (nSPS) is 14.1. The van der Waals surface area contributed by atoms with Gasteiger partial charge in [0.05, 0.1) is 6.61 Å². The fourth-order valence-electron chi connectivity index (χ4n) is 3.81. The van der Waals surface area contributed by atoms with Gasteiger partial charge in [0.25, 0.3) is 5.91 Å². The lowest BCUT2D eigenvalue weighted by molar-refractivity contribution is -0.131. The third kappa shape index (κ3) is 6.42. The van der Waals surface area contributed by atoms with E-state index in [9.17, 15) is 14.4 Å². The Bertz CT molecular complexity index is 939. The average molecular weight is 437 g/mol. The van der Waals surface area contributed by atoms with Crippen molar-refractivity contribution in [3.8, 4) is 5.75 Å². The summed E-state index contributed by atoms with van der Waals surface area (Å²) in [7, 11) is 0. The molecular formula is C26H32N2O4. The predicted octanol–water partition coefficient (Wildman–Crippen LogP) is 4.12. The van der Waals surface area contributed by atoms with E-state index in [0.717, 1.165) is 24.2 Å². The van der Waals surface area contributed by atoms with Crippen LogP contribution in [0, 0.1) is 6.92 Å². The van der Waals surface area contributed by atoms with Gasteiger partial charge >= 0.3 is 0 Å². The summed E-state index contributed by atoms with van der Waals surface area (Å²) in [5.41, 5.74) is 2.32. The van der Waals surface area contributed by atoms with Crippen molar-refractivity contribution < 1.29 is 19.1 Å². The molecule has 0 N–H and O–H groups in total. The molecule has 6 nitrogen and oxygen atoms in total. The van der Waals surface area contributed by atoms with Gasteiger partial charge in [0.1, 0.15) is 5.75 Å². The molecule has 0 atom stereocenters. The first-order valence-electron chi connectivity index (χ1n) is 11.4. The maximum Gasteiger partial charge on any atom is 0.253 e. The third-order valence-electron chi connectivity index (χ3n) is 5.62. The van der Waals surface area contributed by atoms with Crippen LogP contribution in [0.25, 0.3) is 0 Å². The van der Waals surface area contributed by atoms with Crippen molar-refractivity contribution in [1.82, 2.24) is 9.80 Å². The molecule has 0 aromatic heterocycles. The van der Waals surface area contributed by atoms with E-state index < -0.39 is 0 Å². The monoisotopic (exact) mass is 436 g/mol. The number of carbonyl (C=O) groups is 3. The smallest absolute Gasteiger partial charge is 0.253 e. The van der Waals surface area contributed by atoms with E-state index in [-0.39, 0.29) is 30.4 Å². The summed E-state index contributed by atoms with van der Waals surface area (Å²) in [6, 6.07) is 14.7. The zero-order chi connectivity index (χ0) is 22.9. The number of hydrogen-bond acceptors (Lipinski definition) is 4. The Kier molecular flexibility index (Phi) is 8.42. The van der Waals surface area contributed by atoms with E-state index in [1.807, 2.05) is 43.0 Å². The first-order valence-corrected chi connectivity index (χ1v) is 11.4. The van der Waals surface area contributed by atoms with Gasteiger partial charge in [0.15, 0.2) is 5.78 Å². The second-order valence-corrected chi connectivity index (χ2v) is 8.19. The molecule has 6 heteroatoms. The molecule has 0 saturated carbocycles. The molecule has 3 rings (SSSR count). The molecule has 1 aliphatic rings. The molecule has 1 fully saturated rings. The fraction of sp³-hybridized carbons (Fsp3) is 0.423. The van der Waals surface area contributed by atoms with Crippen LogP contribution in [0.4, 0.5) is 0 Å². The molecule has 2 aromatic carbocycles. The molecule has 0 spiro atoms. The minimum atomic E-state index is -0.0496. The molecule has 1 saturated heterocycles. The standard InChI is InChI=1S/C26H32N2O4/c1-3-18-32-23-10-8-21(9-11-23)24(29)12-13-25(30)27-14-5-15-28(17-16-27)26(31)22-7-4-6-20(2)19-22/h4,6-11,19H,3,5,12-18H2,1-2H3. The van der Waals surface area contributed by atoms with Crippen molar-refractivity contribution in [2.24, 2.45) is 0 Å². The first-order chi connectivity index (χ1) is 15.5. The average Bonchev–Trinajstić information content (AvgIpc) is 3.07. The molecule has 170 valence electrons. The molecule has 2 aromatic rings. The van der Waals surface area contributed by atoms with Crippen LogP contribution in [0.3, 0.4) is 0 Å². The maximum atomic E-state index is 12.8. The Labute approximate surface area is 190 Å². The van der Waals surface area contributed by atoms with Gasteiger partial charge in [0, 0.05) is 50.1 Å². The van der Waals surface area contributed by atoms with Crippen LogP contribution in [0.5, 0.6) is 5.75 Å². The molecule has 0 aliphatic carbocycles. The molecule has 0 bridgehead atoms. The Morgan fingerprint density at radius 2 is 1.59 bits per heavy atom. The number of carbonyl (C=O) groups excluding carboxylic acids is 3. The predicted molar refractivity (Wildman–Crippen MR) is 124 cm³/mol. The largest absolute Gasteiger partial charge is 0.494 e. The van der Waals surface area contributed by atoms with E-state index >= 15 is 0 Å². The van der Waals surface area contributed by atoms with Crippen LogP contribution >= 0.6 is 0 Å². The summed E-state index contributed by atoms with van der Waals surface area (Å²) < 4.78 is 5.54. The zero-order valence-corrected chi connectivity index (χ0v) is 19.0. The maximum absolute atomic E-state index is 12.8. The number of benzene rings is 2. The Balaban J connectivity index is 1.48. The SMILES string of the molecule is CCCOc1ccc(C(=O)CCC(=O)N2CCCN(C(=O)c3cccc(C)c3)CC2)cc1. The molecular weight excluding hydrogens is 404 g/mol. The lowest BCUT2D eigenvalue weighted by atomic mass is 10.1. The van der Waals surface area contributed by atoms with Crippen molar-refractivity contribution in [2.75, 3.05) is 32.8 Å². The number of nitrogens with zero attached hydrogens (tertiary/aromatic N) is 2. The van der Waals surface area contributed by atoms with Gasteiger partial charge in [-0.3, -0.25) is 14.4 Å². The van der Waals surface area contributed by atoms with Gasteiger partial charge < -0.3 is 14.5 Å². The summed E-state index contributed by atoms with van der Waals surface area (Å²) in [5.74, 6) is 0.663. The Hall–Kier alpha value is -3.15. The van der Waals surface area contributed by atoms with E-state index in [1.165, 1.54) is 0 Å². The highest BCUT2D eigenvalue weighted by Gasteiger charge is 2.23. The number of ether oxygens (including phenoxy) is 1. The van der Waals surface area contributed by atoms with Crippen molar-refractivity contribution in [3.63, 3.8) is 0 Å². The van der Waals surface area contributed by atoms with Gasteiger partial charge in [0.2, 0.25) is 5.91 Å². The molecule has 32 heavy (non-hydrogen) atoms. The van der Waals surface area contributed by atoms with E-state index in [1.54, 1.807) is 29.2 Å². The molecule has 1 aliphatic heterocycles. The number of hydrogen-bond donors (Lipinski definition) is 0. The number of aryl methyl sites for hydroxylation is 1. The number of Topliss-reactive ketones (excluding diaryl/α,β-unsaturated/α-hetero) is 1. The highest BCUT2D eigenvalue weighted by Crippen LogP contribution is 2.16. The molecule has 1 heterocycles. The van der Waals surface area contributed by atoms with E-state index in [4.69, 9.17) is 4.74 Å². The van der Waals surface area contributed by atoms with Crippen molar-refractivity contribution in [1.29, 1.82) is 0 Å². The summed E-state index contributed by atoms with van der Waals surface area (Å²) in [6.07, 6.45) is 2.02. The summed E-state index contributed by atoms with van der Waals surface area (Å²) in [4.78, 5) is 41.6. The highest BCUT2D eigenvalue weighted by molar-refractivity contribution is 5.98. The number of amides is 2. The van der Waals surface area contributed by atoms with Crippen LogP contribution in [0.2, 0.25) is 0 Å². The summed E-state index contributed by atoms with van der Waals surface area (Å²) >= 11 is 0. The van der Waals surface area contributed by atoms with Crippen molar-refractivity contribution in [3.05, 3.63) is 65.2 Å². The highest BCUT2D eigenvalue weighted by atomic mass is 16.5. The first kappa shape index (κ1) is 23.5. The molecule has 2 amide bonds. The van der Waals surface area contributed by atoms with Gasteiger partial charge in [-0.05, 0) is 56.2 Å². The van der Waals surface area contributed by atoms with E-state index in [2.05, 4.69) is 0 Å². The second-order valence-electron chi connectivity index (χ2n) is 8.19. The zero-order valence-electron chi connectivity index (χ0n) is 19.0.